The first-order chi connectivity index (χ1) is 13.4. The number of carbonyl (C=O) groups is 2. The minimum absolute atomic E-state index is 0.0284. The summed E-state index contributed by atoms with van der Waals surface area (Å²) in [5.41, 5.74) is 0.791. The molecule has 0 aliphatic heterocycles. The van der Waals surface area contributed by atoms with Crippen LogP contribution in [0.25, 0.3) is 6.08 Å². The van der Waals surface area contributed by atoms with E-state index in [1.165, 1.54) is 31.2 Å². The Morgan fingerprint density at radius 2 is 1.89 bits per heavy atom. The van der Waals surface area contributed by atoms with Crippen LogP contribution in [0.4, 0.5) is 11.4 Å². The van der Waals surface area contributed by atoms with Gasteiger partial charge < -0.3 is 15.4 Å². The van der Waals surface area contributed by atoms with E-state index in [4.69, 9.17) is 4.74 Å². The third kappa shape index (κ3) is 6.24. The van der Waals surface area contributed by atoms with E-state index >= 15 is 0 Å². The van der Waals surface area contributed by atoms with E-state index < -0.39 is 16.7 Å². The lowest BCUT2D eigenvalue weighted by Gasteiger charge is -2.11. The van der Waals surface area contributed by atoms with Gasteiger partial charge in [-0.05, 0) is 42.3 Å². The van der Waals surface area contributed by atoms with Gasteiger partial charge in [0.15, 0.2) is 0 Å². The van der Waals surface area contributed by atoms with Crippen molar-refractivity contribution in [3.63, 3.8) is 0 Å². The Morgan fingerprint density at radius 1 is 1.18 bits per heavy atom. The van der Waals surface area contributed by atoms with Crippen LogP contribution in [0.3, 0.4) is 0 Å². The lowest BCUT2D eigenvalue weighted by Crippen LogP contribution is -2.28. The van der Waals surface area contributed by atoms with Crippen molar-refractivity contribution in [1.29, 1.82) is 0 Å². The molecule has 0 aliphatic carbocycles. The molecule has 2 N–H and O–H groups in total. The molecule has 0 aromatic heterocycles. The first kappa shape index (κ1) is 20.6. The number of benzene rings is 2. The lowest BCUT2D eigenvalue weighted by molar-refractivity contribution is -0.384. The van der Waals surface area contributed by atoms with Crippen LogP contribution in [0, 0.1) is 10.1 Å². The second kappa shape index (κ2) is 9.86. The van der Waals surface area contributed by atoms with Crippen molar-refractivity contribution in [2.75, 3.05) is 11.9 Å². The Morgan fingerprint density at radius 3 is 2.50 bits per heavy atom. The van der Waals surface area contributed by atoms with E-state index in [0.717, 1.165) is 6.42 Å². The average molecular weight is 383 g/mol. The van der Waals surface area contributed by atoms with E-state index in [2.05, 4.69) is 10.6 Å². The normalized spacial score (nSPS) is 10.9. The first-order valence-electron chi connectivity index (χ1n) is 8.67. The van der Waals surface area contributed by atoms with Crippen LogP contribution in [0.1, 0.15) is 25.8 Å². The van der Waals surface area contributed by atoms with Gasteiger partial charge >= 0.3 is 0 Å². The highest BCUT2D eigenvalue weighted by molar-refractivity contribution is 6.08. The number of non-ortho nitro benzene ring substituents is 1. The Labute approximate surface area is 162 Å². The zero-order chi connectivity index (χ0) is 20.5. The summed E-state index contributed by atoms with van der Waals surface area (Å²) >= 11 is 0. The average Bonchev–Trinajstić information content (AvgIpc) is 2.66. The van der Waals surface area contributed by atoms with Crippen LogP contribution < -0.4 is 15.4 Å². The molecule has 0 unspecified atom stereocenters. The van der Waals surface area contributed by atoms with E-state index in [9.17, 15) is 19.7 Å². The number of rotatable bonds is 8. The maximum absolute atomic E-state index is 12.6. The molecule has 0 radical (unpaired) electrons. The van der Waals surface area contributed by atoms with Crippen LogP contribution in [-0.2, 0) is 9.59 Å². The fourth-order valence-corrected chi connectivity index (χ4v) is 2.30. The maximum atomic E-state index is 12.6. The standard InChI is InChI=1S/C20H21N3O5/c1-3-11-28-18-9-7-16(8-10-18)22-20(25)19(21-14(2)24)13-15-5-4-6-17(12-15)23(26)27/h4-10,12-13H,3,11H2,1-2H3,(H,21,24)(H,22,25)/b19-13+. The quantitative estimate of drug-likeness (QED) is 0.412. The Hall–Kier alpha value is -3.68. The van der Waals surface area contributed by atoms with Crippen molar-refractivity contribution in [2.45, 2.75) is 20.3 Å². The molecule has 0 saturated heterocycles. The molecule has 0 heterocycles. The fraction of sp³-hybridized carbons (Fsp3) is 0.200. The molecule has 2 amide bonds. The minimum atomic E-state index is -0.552. The van der Waals surface area contributed by atoms with E-state index in [0.29, 0.717) is 23.6 Å². The third-order valence-electron chi connectivity index (χ3n) is 3.53. The molecule has 0 saturated carbocycles. The lowest BCUT2D eigenvalue weighted by atomic mass is 10.1. The molecule has 0 bridgehead atoms. The highest BCUT2D eigenvalue weighted by Gasteiger charge is 2.13. The van der Waals surface area contributed by atoms with Crippen molar-refractivity contribution in [3.8, 4) is 5.75 Å². The van der Waals surface area contributed by atoms with Crippen molar-refractivity contribution >= 4 is 29.3 Å². The fourth-order valence-electron chi connectivity index (χ4n) is 2.30. The van der Waals surface area contributed by atoms with Gasteiger partial charge in [-0.1, -0.05) is 19.1 Å². The number of hydrogen-bond acceptors (Lipinski definition) is 5. The van der Waals surface area contributed by atoms with Gasteiger partial charge in [0, 0.05) is 24.7 Å². The number of hydrogen-bond donors (Lipinski definition) is 2. The van der Waals surface area contributed by atoms with Gasteiger partial charge in [0.05, 0.1) is 11.5 Å². The van der Waals surface area contributed by atoms with Gasteiger partial charge in [0.1, 0.15) is 11.4 Å². The predicted molar refractivity (Wildman–Crippen MR) is 106 cm³/mol. The van der Waals surface area contributed by atoms with Crippen molar-refractivity contribution in [2.24, 2.45) is 0 Å². The summed E-state index contributed by atoms with van der Waals surface area (Å²) in [6, 6.07) is 12.6. The zero-order valence-electron chi connectivity index (χ0n) is 15.6. The van der Waals surface area contributed by atoms with Crippen LogP contribution in [0.2, 0.25) is 0 Å². The van der Waals surface area contributed by atoms with E-state index in [1.54, 1.807) is 30.3 Å². The number of anilines is 1. The van der Waals surface area contributed by atoms with Gasteiger partial charge in [0.25, 0.3) is 11.6 Å². The summed E-state index contributed by atoms with van der Waals surface area (Å²) in [4.78, 5) is 34.4. The summed E-state index contributed by atoms with van der Waals surface area (Å²) in [5, 5.41) is 16.0. The van der Waals surface area contributed by atoms with Gasteiger partial charge in [-0.25, -0.2) is 0 Å². The van der Waals surface area contributed by atoms with Crippen LogP contribution in [-0.4, -0.2) is 23.3 Å². The molecule has 2 aromatic carbocycles. The number of nitro benzene ring substituents is 1. The van der Waals surface area contributed by atoms with Gasteiger partial charge in [-0.15, -0.1) is 0 Å². The minimum Gasteiger partial charge on any atom is -0.494 e. The zero-order valence-corrected chi connectivity index (χ0v) is 15.6. The number of ether oxygens (including phenoxy) is 1. The monoisotopic (exact) mass is 383 g/mol. The summed E-state index contributed by atoms with van der Waals surface area (Å²) in [7, 11) is 0. The van der Waals surface area contributed by atoms with Gasteiger partial charge in [-0.2, -0.15) is 0 Å². The summed E-state index contributed by atoms with van der Waals surface area (Å²) in [6.45, 7) is 3.88. The third-order valence-corrected chi connectivity index (χ3v) is 3.53. The largest absolute Gasteiger partial charge is 0.494 e. The number of carbonyl (C=O) groups excluding carboxylic acids is 2. The number of amides is 2. The summed E-state index contributed by atoms with van der Waals surface area (Å²) in [5.74, 6) is -0.298. The molecule has 28 heavy (non-hydrogen) atoms. The van der Waals surface area contributed by atoms with Gasteiger partial charge in [0.2, 0.25) is 5.91 Å². The summed E-state index contributed by atoms with van der Waals surface area (Å²) in [6.07, 6.45) is 2.27. The Bertz CT molecular complexity index is 891. The van der Waals surface area contributed by atoms with Gasteiger partial charge in [-0.3, -0.25) is 19.7 Å². The molecular weight excluding hydrogens is 362 g/mol. The second-order valence-electron chi connectivity index (χ2n) is 5.92. The number of nitrogens with zero attached hydrogens (tertiary/aromatic N) is 1. The highest BCUT2D eigenvalue weighted by atomic mass is 16.6. The van der Waals surface area contributed by atoms with E-state index in [1.807, 2.05) is 6.92 Å². The molecule has 8 heteroatoms. The highest BCUT2D eigenvalue weighted by Crippen LogP contribution is 2.18. The molecule has 146 valence electrons. The molecule has 8 nitrogen and oxygen atoms in total. The Kier molecular flexibility index (Phi) is 7.27. The predicted octanol–water partition coefficient (Wildman–Crippen LogP) is 3.50. The first-order valence-corrected chi connectivity index (χ1v) is 8.67. The molecule has 0 fully saturated rings. The van der Waals surface area contributed by atoms with Crippen LogP contribution in [0.15, 0.2) is 54.2 Å². The van der Waals surface area contributed by atoms with E-state index in [-0.39, 0.29) is 11.4 Å². The molecule has 2 aromatic rings. The molecular formula is C20H21N3O5. The number of nitrogens with one attached hydrogen (secondary N) is 2. The topological polar surface area (TPSA) is 111 Å². The van der Waals surface area contributed by atoms with Crippen LogP contribution >= 0.6 is 0 Å². The molecule has 0 atom stereocenters. The summed E-state index contributed by atoms with van der Waals surface area (Å²) < 4.78 is 5.49. The molecule has 0 spiro atoms. The van der Waals surface area contributed by atoms with Crippen molar-refractivity contribution < 1.29 is 19.2 Å². The SMILES string of the molecule is CCCOc1ccc(NC(=O)/C(=C\c2cccc([N+](=O)[O-])c2)NC(C)=O)cc1. The van der Waals surface area contributed by atoms with Crippen molar-refractivity contribution in [3.05, 3.63) is 69.9 Å². The molecule has 2 rings (SSSR count). The van der Waals surface area contributed by atoms with Crippen molar-refractivity contribution in [1.82, 2.24) is 5.32 Å². The maximum Gasteiger partial charge on any atom is 0.272 e. The smallest absolute Gasteiger partial charge is 0.272 e. The number of nitro groups is 1. The molecule has 0 aliphatic rings. The van der Waals surface area contributed by atoms with Crippen LogP contribution in [0.5, 0.6) is 5.75 Å². The second-order valence-corrected chi connectivity index (χ2v) is 5.92. The Balaban J connectivity index is 2.20.